The van der Waals surface area contributed by atoms with E-state index in [0.29, 0.717) is 11.7 Å². The summed E-state index contributed by atoms with van der Waals surface area (Å²) in [5.41, 5.74) is 0.931. The lowest BCUT2D eigenvalue weighted by atomic mass is 10.2. The summed E-state index contributed by atoms with van der Waals surface area (Å²) in [4.78, 5) is 0. The first kappa shape index (κ1) is 14.8. The van der Waals surface area contributed by atoms with Crippen LogP contribution in [0.25, 0.3) is 0 Å². The van der Waals surface area contributed by atoms with Crippen molar-refractivity contribution in [1.82, 2.24) is 5.32 Å². The van der Waals surface area contributed by atoms with Crippen molar-refractivity contribution in [2.24, 2.45) is 0 Å². The molecule has 0 bridgehead atoms. The summed E-state index contributed by atoms with van der Waals surface area (Å²) in [5.74, 6) is 0.814. The zero-order valence-electron chi connectivity index (χ0n) is 11.4. The minimum Gasteiger partial charge on any atom is -0.490 e. The summed E-state index contributed by atoms with van der Waals surface area (Å²) in [5, 5.41) is 6.92. The van der Waals surface area contributed by atoms with E-state index in [1.54, 1.807) is 6.08 Å². The molecule has 0 saturated carbocycles. The quantitative estimate of drug-likeness (QED) is 0.623. The summed E-state index contributed by atoms with van der Waals surface area (Å²) in [6.45, 7) is 5.74. The lowest BCUT2D eigenvalue weighted by Crippen LogP contribution is -2.34. The van der Waals surface area contributed by atoms with Crippen LogP contribution in [0.15, 0.2) is 36.9 Å². The van der Waals surface area contributed by atoms with Gasteiger partial charge in [0.15, 0.2) is 5.11 Å². The van der Waals surface area contributed by atoms with E-state index in [1.807, 2.05) is 24.3 Å². The maximum absolute atomic E-state index is 5.53. The van der Waals surface area contributed by atoms with Crippen LogP contribution in [0.3, 0.4) is 0 Å². The maximum Gasteiger partial charge on any atom is 0.170 e. The Morgan fingerprint density at radius 1 is 1.45 bits per heavy atom. The molecule has 1 unspecified atom stereocenters. The molecule has 1 aromatic rings. The molecule has 1 aliphatic heterocycles. The van der Waals surface area contributed by atoms with Gasteiger partial charge in [-0.3, -0.25) is 0 Å². The van der Waals surface area contributed by atoms with Crippen LogP contribution in [0.2, 0.25) is 0 Å². The van der Waals surface area contributed by atoms with E-state index in [9.17, 15) is 0 Å². The highest BCUT2D eigenvalue weighted by Crippen LogP contribution is 2.15. The molecule has 1 aromatic carbocycles. The van der Waals surface area contributed by atoms with E-state index in [4.69, 9.17) is 21.7 Å². The van der Waals surface area contributed by atoms with Gasteiger partial charge in [-0.15, -0.1) is 0 Å². The number of ether oxygens (including phenoxy) is 2. The predicted octanol–water partition coefficient (Wildman–Crippen LogP) is 2.72. The molecular weight excluding hydrogens is 272 g/mol. The lowest BCUT2D eigenvalue weighted by Gasteiger charge is -2.14. The molecule has 0 aliphatic carbocycles. The first-order chi connectivity index (χ1) is 9.78. The minimum absolute atomic E-state index is 0.282. The van der Waals surface area contributed by atoms with Crippen LogP contribution < -0.4 is 15.4 Å². The number of nitrogens with one attached hydrogen (secondary N) is 2. The average Bonchev–Trinajstić information content (AvgIpc) is 2.98. The molecule has 0 aromatic heterocycles. The first-order valence-corrected chi connectivity index (χ1v) is 7.19. The average molecular weight is 292 g/mol. The predicted molar refractivity (Wildman–Crippen MR) is 85.3 cm³/mol. The molecular formula is C15H20N2O2S. The van der Waals surface area contributed by atoms with Crippen LogP contribution in [-0.4, -0.2) is 31.0 Å². The molecule has 0 amide bonds. The second-order valence-corrected chi connectivity index (χ2v) is 5.00. The largest absolute Gasteiger partial charge is 0.490 e. The molecule has 108 valence electrons. The van der Waals surface area contributed by atoms with Crippen LogP contribution in [0.5, 0.6) is 5.75 Å². The van der Waals surface area contributed by atoms with Gasteiger partial charge in [-0.25, -0.2) is 0 Å². The molecule has 1 atom stereocenters. The van der Waals surface area contributed by atoms with Crippen molar-refractivity contribution in [2.45, 2.75) is 18.9 Å². The van der Waals surface area contributed by atoms with Gasteiger partial charge in [-0.1, -0.05) is 12.7 Å². The Labute approximate surface area is 125 Å². The topological polar surface area (TPSA) is 42.5 Å². The maximum atomic E-state index is 5.53. The van der Waals surface area contributed by atoms with Gasteiger partial charge in [-0.05, 0) is 49.3 Å². The van der Waals surface area contributed by atoms with Crippen molar-refractivity contribution < 1.29 is 9.47 Å². The number of benzene rings is 1. The first-order valence-electron chi connectivity index (χ1n) is 6.78. The summed E-state index contributed by atoms with van der Waals surface area (Å²) < 4.78 is 11.0. The minimum atomic E-state index is 0.282. The summed E-state index contributed by atoms with van der Waals surface area (Å²) in [6.07, 6.45) is 4.24. The smallest absolute Gasteiger partial charge is 0.170 e. The third-order valence-electron chi connectivity index (χ3n) is 2.99. The molecule has 2 N–H and O–H groups in total. The van der Waals surface area contributed by atoms with Gasteiger partial charge < -0.3 is 20.1 Å². The van der Waals surface area contributed by atoms with Crippen LogP contribution in [0.1, 0.15) is 12.8 Å². The highest BCUT2D eigenvalue weighted by molar-refractivity contribution is 7.80. The molecule has 5 heteroatoms. The van der Waals surface area contributed by atoms with Crippen molar-refractivity contribution in [3.05, 3.63) is 36.9 Å². The zero-order valence-corrected chi connectivity index (χ0v) is 12.2. The summed E-state index contributed by atoms with van der Waals surface area (Å²) >= 11 is 5.25. The molecule has 20 heavy (non-hydrogen) atoms. The second kappa shape index (κ2) is 7.87. The Morgan fingerprint density at radius 3 is 2.90 bits per heavy atom. The van der Waals surface area contributed by atoms with Gasteiger partial charge in [0.2, 0.25) is 0 Å². The van der Waals surface area contributed by atoms with Gasteiger partial charge in [0.25, 0.3) is 0 Å². The number of anilines is 1. The molecule has 0 spiro atoms. The van der Waals surface area contributed by atoms with Crippen molar-refractivity contribution in [3.8, 4) is 5.75 Å². The van der Waals surface area contributed by atoms with Crippen LogP contribution in [-0.2, 0) is 4.74 Å². The van der Waals surface area contributed by atoms with E-state index < -0.39 is 0 Å². The molecule has 0 radical (unpaired) electrons. The van der Waals surface area contributed by atoms with Crippen molar-refractivity contribution in [3.63, 3.8) is 0 Å². The number of rotatable bonds is 6. The zero-order chi connectivity index (χ0) is 14.2. The summed E-state index contributed by atoms with van der Waals surface area (Å²) in [6, 6.07) is 7.65. The molecule has 1 saturated heterocycles. The van der Waals surface area contributed by atoms with Gasteiger partial charge in [0.05, 0.1) is 6.10 Å². The Morgan fingerprint density at radius 2 is 2.25 bits per heavy atom. The van der Waals surface area contributed by atoms with Gasteiger partial charge in [-0.2, -0.15) is 0 Å². The Kier molecular flexibility index (Phi) is 5.83. The molecule has 1 aliphatic rings. The third kappa shape index (κ3) is 4.83. The Balaban J connectivity index is 1.74. The highest BCUT2D eigenvalue weighted by atomic mass is 32.1. The molecule has 2 rings (SSSR count). The second-order valence-electron chi connectivity index (χ2n) is 4.59. The van der Waals surface area contributed by atoms with E-state index in [1.165, 1.54) is 0 Å². The standard InChI is InChI=1S/C15H20N2O2S/c1-2-9-18-13-7-5-12(6-8-13)17-15(20)16-11-14-4-3-10-19-14/h2,5-8,14H,1,3-4,9-11H2,(H2,16,17,20). The number of hydrogen-bond acceptors (Lipinski definition) is 3. The highest BCUT2D eigenvalue weighted by Gasteiger charge is 2.15. The summed E-state index contributed by atoms with van der Waals surface area (Å²) in [7, 11) is 0. The van der Waals surface area contributed by atoms with E-state index in [2.05, 4.69) is 17.2 Å². The van der Waals surface area contributed by atoms with Crippen LogP contribution >= 0.6 is 12.2 Å². The van der Waals surface area contributed by atoms with E-state index in [-0.39, 0.29) is 6.10 Å². The third-order valence-corrected chi connectivity index (χ3v) is 3.24. The molecule has 4 nitrogen and oxygen atoms in total. The number of hydrogen-bond donors (Lipinski definition) is 2. The van der Waals surface area contributed by atoms with Crippen molar-refractivity contribution in [2.75, 3.05) is 25.1 Å². The van der Waals surface area contributed by atoms with E-state index >= 15 is 0 Å². The Hall–Kier alpha value is -1.59. The van der Waals surface area contributed by atoms with E-state index in [0.717, 1.165) is 37.4 Å². The monoisotopic (exact) mass is 292 g/mol. The molecule has 1 fully saturated rings. The number of thiocarbonyl (C=S) groups is 1. The van der Waals surface area contributed by atoms with Crippen molar-refractivity contribution in [1.29, 1.82) is 0 Å². The fourth-order valence-electron chi connectivity index (χ4n) is 1.98. The van der Waals surface area contributed by atoms with Gasteiger partial charge in [0, 0.05) is 18.8 Å². The molecule has 1 heterocycles. The van der Waals surface area contributed by atoms with Crippen LogP contribution in [0, 0.1) is 0 Å². The van der Waals surface area contributed by atoms with Gasteiger partial charge >= 0.3 is 0 Å². The van der Waals surface area contributed by atoms with Crippen LogP contribution in [0.4, 0.5) is 5.69 Å². The lowest BCUT2D eigenvalue weighted by molar-refractivity contribution is 0.114. The Bertz CT molecular complexity index is 442. The normalized spacial score (nSPS) is 17.5. The fraction of sp³-hybridized carbons (Fsp3) is 0.400. The fourth-order valence-corrected chi connectivity index (χ4v) is 2.18. The van der Waals surface area contributed by atoms with Crippen molar-refractivity contribution >= 4 is 23.0 Å². The van der Waals surface area contributed by atoms with Gasteiger partial charge in [0.1, 0.15) is 12.4 Å². The SMILES string of the molecule is C=CCOc1ccc(NC(=S)NCC2CCCO2)cc1.